The van der Waals surface area contributed by atoms with Gasteiger partial charge in [0.15, 0.2) is 0 Å². The number of thioether (sulfide) groups is 2. The number of hydrogen-bond acceptors (Lipinski definition) is 3. The number of aliphatic hydroxyl groups excluding tert-OH is 1. The van der Waals surface area contributed by atoms with E-state index in [2.05, 4.69) is 6.92 Å². The van der Waals surface area contributed by atoms with E-state index in [9.17, 15) is 5.11 Å². The summed E-state index contributed by atoms with van der Waals surface area (Å²) in [4.78, 5) is 0. The molecular weight excluding hydrogens is 284 g/mol. The van der Waals surface area contributed by atoms with Gasteiger partial charge in [-0.15, -0.1) is 0 Å². The lowest BCUT2D eigenvalue weighted by molar-refractivity contribution is 0.169. The van der Waals surface area contributed by atoms with Crippen LogP contribution in [0.1, 0.15) is 18.9 Å². The molecule has 18 heavy (non-hydrogen) atoms. The molecule has 1 aromatic carbocycles. The maximum Gasteiger partial charge on any atom is 0.0709 e. The first kappa shape index (κ1) is 14.6. The molecule has 0 saturated carbocycles. The topological polar surface area (TPSA) is 20.2 Å². The molecular formula is C14H19ClOS2. The fraction of sp³-hybridized carbons (Fsp3) is 0.571. The Morgan fingerprint density at radius 3 is 2.89 bits per heavy atom. The van der Waals surface area contributed by atoms with Crippen LogP contribution in [0.2, 0.25) is 5.02 Å². The maximum atomic E-state index is 10.4. The summed E-state index contributed by atoms with van der Waals surface area (Å²) in [5, 5.41) is 12.1. The van der Waals surface area contributed by atoms with E-state index in [1.54, 1.807) is 0 Å². The first-order valence-corrected chi connectivity index (χ1v) is 8.84. The van der Waals surface area contributed by atoms with E-state index in [4.69, 9.17) is 11.6 Å². The standard InChI is InChI=1S/C14H19ClOS2/c1-2-13-14(18-7-6-17-13)12(16)9-10-4-3-5-11(15)8-10/h3-5,8,12-14,16H,2,6-7,9H2,1H3. The second-order valence-corrected chi connectivity index (χ2v) is 7.62. The van der Waals surface area contributed by atoms with Gasteiger partial charge in [0, 0.05) is 27.0 Å². The minimum atomic E-state index is -0.272. The Bertz CT molecular complexity index is 386. The highest BCUT2D eigenvalue weighted by Gasteiger charge is 2.30. The smallest absolute Gasteiger partial charge is 0.0709 e. The molecule has 100 valence electrons. The molecule has 1 aliphatic heterocycles. The highest BCUT2D eigenvalue weighted by Crippen LogP contribution is 2.36. The highest BCUT2D eigenvalue weighted by molar-refractivity contribution is 8.07. The molecule has 0 amide bonds. The number of benzene rings is 1. The molecule has 0 aliphatic carbocycles. The summed E-state index contributed by atoms with van der Waals surface area (Å²) < 4.78 is 0. The van der Waals surface area contributed by atoms with E-state index in [1.807, 2.05) is 47.8 Å². The molecule has 3 unspecified atom stereocenters. The lowest BCUT2D eigenvalue weighted by Gasteiger charge is -2.33. The van der Waals surface area contributed by atoms with Crippen molar-refractivity contribution in [1.82, 2.24) is 0 Å². The molecule has 1 heterocycles. The molecule has 0 spiro atoms. The Labute approximate surface area is 123 Å². The third kappa shape index (κ3) is 3.83. The molecule has 0 bridgehead atoms. The molecule has 1 saturated heterocycles. The average molecular weight is 303 g/mol. The van der Waals surface area contributed by atoms with Crippen molar-refractivity contribution in [2.45, 2.75) is 36.4 Å². The van der Waals surface area contributed by atoms with Gasteiger partial charge in [0.2, 0.25) is 0 Å². The van der Waals surface area contributed by atoms with Crippen molar-refractivity contribution < 1.29 is 5.11 Å². The third-order valence-electron chi connectivity index (χ3n) is 3.21. The minimum absolute atomic E-state index is 0.272. The first-order valence-electron chi connectivity index (χ1n) is 6.36. The van der Waals surface area contributed by atoms with Gasteiger partial charge in [0.1, 0.15) is 0 Å². The zero-order chi connectivity index (χ0) is 13.0. The van der Waals surface area contributed by atoms with Crippen LogP contribution in [0, 0.1) is 0 Å². The number of rotatable bonds is 4. The van der Waals surface area contributed by atoms with Crippen molar-refractivity contribution >= 4 is 35.1 Å². The maximum absolute atomic E-state index is 10.4. The number of aliphatic hydroxyl groups is 1. The molecule has 0 radical (unpaired) electrons. The second-order valence-electron chi connectivity index (χ2n) is 4.55. The van der Waals surface area contributed by atoms with Gasteiger partial charge in [-0.25, -0.2) is 0 Å². The van der Waals surface area contributed by atoms with Crippen LogP contribution < -0.4 is 0 Å². The van der Waals surface area contributed by atoms with Crippen molar-refractivity contribution in [1.29, 1.82) is 0 Å². The number of halogens is 1. The zero-order valence-electron chi connectivity index (χ0n) is 10.5. The van der Waals surface area contributed by atoms with E-state index in [1.165, 1.54) is 5.75 Å². The SMILES string of the molecule is CCC1SCCSC1C(O)Cc1cccc(Cl)c1. The van der Waals surface area contributed by atoms with E-state index < -0.39 is 0 Å². The van der Waals surface area contributed by atoms with Gasteiger partial charge in [-0.2, -0.15) is 23.5 Å². The van der Waals surface area contributed by atoms with Crippen molar-refractivity contribution in [3.05, 3.63) is 34.9 Å². The van der Waals surface area contributed by atoms with E-state index in [0.717, 1.165) is 22.8 Å². The predicted octanol–water partition coefficient (Wildman–Crippen LogP) is 3.87. The summed E-state index contributed by atoms with van der Waals surface area (Å²) in [6, 6.07) is 7.81. The van der Waals surface area contributed by atoms with Gasteiger partial charge in [0.25, 0.3) is 0 Å². The predicted molar refractivity (Wildman–Crippen MR) is 83.9 cm³/mol. The van der Waals surface area contributed by atoms with Gasteiger partial charge in [0.05, 0.1) is 6.10 Å². The van der Waals surface area contributed by atoms with Gasteiger partial charge in [-0.05, 0) is 30.5 Å². The van der Waals surface area contributed by atoms with Gasteiger partial charge < -0.3 is 5.11 Å². The second kappa shape index (κ2) is 7.09. The van der Waals surface area contributed by atoms with Crippen LogP contribution in [0.4, 0.5) is 0 Å². The van der Waals surface area contributed by atoms with Crippen molar-refractivity contribution in [2.24, 2.45) is 0 Å². The summed E-state index contributed by atoms with van der Waals surface area (Å²) in [7, 11) is 0. The molecule has 1 fully saturated rings. The lowest BCUT2D eigenvalue weighted by atomic mass is 10.0. The van der Waals surface area contributed by atoms with Crippen molar-refractivity contribution in [2.75, 3.05) is 11.5 Å². The fourth-order valence-electron chi connectivity index (χ4n) is 2.32. The number of hydrogen-bond donors (Lipinski definition) is 1. The Balaban J connectivity index is 1.99. The Morgan fingerprint density at radius 2 is 2.17 bits per heavy atom. The molecule has 4 heteroatoms. The minimum Gasteiger partial charge on any atom is -0.392 e. The first-order chi connectivity index (χ1) is 8.70. The molecule has 0 aromatic heterocycles. The van der Waals surface area contributed by atoms with E-state index >= 15 is 0 Å². The van der Waals surface area contributed by atoms with Crippen LogP contribution in [-0.2, 0) is 6.42 Å². The summed E-state index contributed by atoms with van der Waals surface area (Å²) in [5.41, 5.74) is 1.13. The molecule has 3 atom stereocenters. The normalized spacial score (nSPS) is 25.9. The van der Waals surface area contributed by atoms with Crippen LogP contribution in [0.15, 0.2) is 24.3 Å². The highest BCUT2D eigenvalue weighted by atomic mass is 35.5. The molecule has 1 aliphatic rings. The summed E-state index contributed by atoms with van der Waals surface area (Å²) in [6.07, 6.45) is 1.57. The third-order valence-corrected chi connectivity index (χ3v) is 6.84. The fourth-order valence-corrected chi connectivity index (χ4v) is 5.68. The zero-order valence-corrected chi connectivity index (χ0v) is 12.9. The quantitative estimate of drug-likeness (QED) is 0.912. The Morgan fingerprint density at radius 1 is 1.39 bits per heavy atom. The van der Waals surface area contributed by atoms with Gasteiger partial charge in [-0.3, -0.25) is 0 Å². The monoisotopic (exact) mass is 302 g/mol. The van der Waals surface area contributed by atoms with Crippen LogP contribution in [-0.4, -0.2) is 33.2 Å². The Kier molecular flexibility index (Phi) is 5.74. The largest absolute Gasteiger partial charge is 0.392 e. The molecule has 1 N–H and O–H groups in total. The van der Waals surface area contributed by atoms with Crippen LogP contribution in [0.25, 0.3) is 0 Å². The summed E-state index contributed by atoms with van der Waals surface area (Å²) in [6.45, 7) is 2.21. The van der Waals surface area contributed by atoms with Crippen LogP contribution in [0.3, 0.4) is 0 Å². The Hall–Kier alpha value is 0.170. The lowest BCUT2D eigenvalue weighted by Crippen LogP contribution is -2.37. The summed E-state index contributed by atoms with van der Waals surface area (Å²) in [5.74, 6) is 2.36. The van der Waals surface area contributed by atoms with Crippen LogP contribution in [0.5, 0.6) is 0 Å². The van der Waals surface area contributed by atoms with Crippen molar-refractivity contribution in [3.8, 4) is 0 Å². The van der Waals surface area contributed by atoms with Gasteiger partial charge >= 0.3 is 0 Å². The van der Waals surface area contributed by atoms with Gasteiger partial charge in [-0.1, -0.05) is 30.7 Å². The van der Waals surface area contributed by atoms with Crippen molar-refractivity contribution in [3.63, 3.8) is 0 Å². The van der Waals surface area contributed by atoms with Crippen LogP contribution >= 0.6 is 35.1 Å². The molecule has 1 nitrogen and oxygen atoms in total. The summed E-state index contributed by atoms with van der Waals surface area (Å²) >= 11 is 9.91. The average Bonchev–Trinajstić information content (AvgIpc) is 2.38. The molecule has 1 aromatic rings. The molecule has 2 rings (SSSR count). The van der Waals surface area contributed by atoms with E-state index in [0.29, 0.717) is 16.9 Å². The van der Waals surface area contributed by atoms with E-state index in [-0.39, 0.29) is 6.10 Å².